The first-order chi connectivity index (χ1) is 16.4. The van der Waals surface area contributed by atoms with Gasteiger partial charge in [-0.05, 0) is 43.5 Å². The topological polar surface area (TPSA) is 72.8 Å². The fraction of sp³-hybridized carbons (Fsp3) is 0.346. The van der Waals surface area contributed by atoms with Crippen molar-refractivity contribution in [1.82, 2.24) is 19.7 Å². The molecule has 6 nitrogen and oxygen atoms in total. The summed E-state index contributed by atoms with van der Waals surface area (Å²) < 4.78 is 21.8. The van der Waals surface area contributed by atoms with E-state index in [1.807, 2.05) is 30.2 Å². The third-order valence-electron chi connectivity index (χ3n) is 6.99. The summed E-state index contributed by atoms with van der Waals surface area (Å²) >= 11 is 6.36. The summed E-state index contributed by atoms with van der Waals surface area (Å²) in [6, 6.07) is 5.24. The Bertz CT molecular complexity index is 1380. The number of nitrogens with zero attached hydrogens (tertiary/aromatic N) is 3. The number of hydrogen-bond donors (Lipinski definition) is 1. The van der Waals surface area contributed by atoms with Gasteiger partial charge in [0.05, 0.1) is 24.4 Å². The van der Waals surface area contributed by atoms with Crippen molar-refractivity contribution in [1.29, 1.82) is 0 Å². The average Bonchev–Trinajstić information content (AvgIpc) is 3.44. The van der Waals surface area contributed by atoms with Crippen LogP contribution in [-0.4, -0.2) is 32.6 Å². The van der Waals surface area contributed by atoms with Gasteiger partial charge in [0.15, 0.2) is 0 Å². The van der Waals surface area contributed by atoms with E-state index in [2.05, 4.69) is 28.1 Å². The third-order valence-corrected chi connectivity index (χ3v) is 7.37. The predicted octanol–water partition coefficient (Wildman–Crippen LogP) is 6.37. The number of carbonyl (C=O) groups is 1. The number of H-pyrrole nitrogens is 1. The number of Topliss-reactive ketones (excluding diaryl/α,β-unsaturated/α-hetero) is 1. The van der Waals surface area contributed by atoms with Crippen LogP contribution >= 0.6 is 11.6 Å². The maximum atomic E-state index is 14.3. The van der Waals surface area contributed by atoms with E-state index in [1.54, 1.807) is 13.2 Å². The molecule has 1 atom stereocenters. The molecule has 34 heavy (non-hydrogen) atoms. The Morgan fingerprint density at radius 3 is 2.76 bits per heavy atom. The first kappa shape index (κ1) is 22.6. The van der Waals surface area contributed by atoms with Crippen molar-refractivity contribution in [2.75, 3.05) is 7.11 Å². The Hall–Kier alpha value is -3.19. The van der Waals surface area contributed by atoms with Gasteiger partial charge in [-0.1, -0.05) is 18.5 Å². The minimum atomic E-state index is -0.476. The number of hydrogen-bond acceptors (Lipinski definition) is 4. The molecule has 0 radical (unpaired) electrons. The van der Waals surface area contributed by atoms with E-state index in [9.17, 15) is 9.18 Å². The van der Waals surface area contributed by atoms with Crippen LogP contribution in [0.4, 0.5) is 4.39 Å². The van der Waals surface area contributed by atoms with Crippen LogP contribution < -0.4 is 4.74 Å². The van der Waals surface area contributed by atoms with Crippen molar-refractivity contribution >= 4 is 28.4 Å². The number of halogens is 2. The minimum absolute atomic E-state index is 0.0633. The lowest BCUT2D eigenvalue weighted by molar-refractivity contribution is -0.120. The molecule has 1 N–H and O–H groups in total. The molecular formula is C26H26ClFN4O2. The Balaban J connectivity index is 1.54. The number of benzene rings is 1. The van der Waals surface area contributed by atoms with Crippen LogP contribution in [0.1, 0.15) is 61.4 Å². The zero-order valence-electron chi connectivity index (χ0n) is 19.4. The summed E-state index contributed by atoms with van der Waals surface area (Å²) in [6.07, 6.45) is 8.48. The largest absolute Gasteiger partial charge is 0.496 e. The quantitative estimate of drug-likeness (QED) is 0.360. The van der Waals surface area contributed by atoms with E-state index >= 15 is 0 Å². The Kier molecular flexibility index (Phi) is 5.90. The van der Waals surface area contributed by atoms with E-state index in [0.717, 1.165) is 46.3 Å². The third kappa shape index (κ3) is 3.78. The molecule has 1 aliphatic rings. The van der Waals surface area contributed by atoms with E-state index in [1.165, 1.54) is 6.07 Å². The van der Waals surface area contributed by atoms with Crippen molar-refractivity contribution in [3.05, 3.63) is 64.5 Å². The molecular weight excluding hydrogens is 455 g/mol. The predicted molar refractivity (Wildman–Crippen MR) is 130 cm³/mol. The van der Waals surface area contributed by atoms with E-state index in [0.29, 0.717) is 29.9 Å². The number of carbonyl (C=O) groups excluding carboxylic acids is 1. The van der Waals surface area contributed by atoms with Crippen LogP contribution in [0.25, 0.3) is 22.2 Å². The first-order valence-electron chi connectivity index (χ1n) is 11.4. The summed E-state index contributed by atoms with van der Waals surface area (Å²) in [5.41, 5.74) is 5.31. The summed E-state index contributed by atoms with van der Waals surface area (Å²) in [4.78, 5) is 19.5. The van der Waals surface area contributed by atoms with Crippen molar-refractivity contribution in [2.24, 2.45) is 0 Å². The number of ketones is 1. The van der Waals surface area contributed by atoms with Gasteiger partial charge in [-0.3, -0.25) is 9.48 Å². The molecule has 0 spiro atoms. The molecule has 3 aromatic heterocycles. The van der Waals surface area contributed by atoms with Crippen LogP contribution in [0.15, 0.2) is 36.8 Å². The molecule has 1 saturated carbocycles. The normalized spacial score (nSPS) is 15.7. The summed E-state index contributed by atoms with van der Waals surface area (Å²) in [5.74, 6) is 0.170. The molecule has 1 aromatic carbocycles. The minimum Gasteiger partial charge on any atom is -0.496 e. The smallest absolute Gasteiger partial charge is 0.142 e. The number of nitrogens with one attached hydrogen (secondary N) is 1. The van der Waals surface area contributed by atoms with Crippen molar-refractivity contribution < 1.29 is 13.9 Å². The Labute approximate surface area is 202 Å². The standard InChI is InChI=1S/C26H26ClFN4O2/c1-14(24-23(34-3)9-8-22(28)25(24)27)20-12-30-26-19(20)10-16(11-29-26)21-13-31-32(15(21)2)17-4-6-18(33)7-5-17/h8-14,17H,4-7H2,1-3H3,(H,29,30)/t14-/m0/s1. The number of rotatable bonds is 5. The highest BCUT2D eigenvalue weighted by molar-refractivity contribution is 6.31. The summed E-state index contributed by atoms with van der Waals surface area (Å²) in [5, 5.41) is 5.65. The van der Waals surface area contributed by atoms with Gasteiger partial charge >= 0.3 is 0 Å². The van der Waals surface area contributed by atoms with Crippen LogP contribution in [0.5, 0.6) is 5.75 Å². The molecule has 0 saturated heterocycles. The van der Waals surface area contributed by atoms with Crippen LogP contribution in [-0.2, 0) is 4.79 Å². The van der Waals surface area contributed by atoms with E-state index in [4.69, 9.17) is 16.3 Å². The summed E-state index contributed by atoms with van der Waals surface area (Å²) in [7, 11) is 1.55. The fourth-order valence-electron chi connectivity index (χ4n) is 5.06. The molecule has 0 amide bonds. The number of methoxy groups -OCH3 is 1. The van der Waals surface area contributed by atoms with Gasteiger partial charge in [0, 0.05) is 58.9 Å². The van der Waals surface area contributed by atoms with Crippen molar-refractivity contribution in [2.45, 2.75) is 51.5 Å². The van der Waals surface area contributed by atoms with Gasteiger partial charge in [-0.25, -0.2) is 9.37 Å². The molecule has 5 rings (SSSR count). The number of ether oxygens (including phenoxy) is 1. The molecule has 3 heterocycles. The molecule has 1 fully saturated rings. The number of fused-ring (bicyclic) bond motifs is 1. The molecule has 0 unspecified atom stereocenters. The van der Waals surface area contributed by atoms with Gasteiger partial charge in [0.2, 0.25) is 0 Å². The maximum Gasteiger partial charge on any atom is 0.142 e. The molecule has 176 valence electrons. The Morgan fingerprint density at radius 1 is 1.26 bits per heavy atom. The average molecular weight is 481 g/mol. The van der Waals surface area contributed by atoms with Gasteiger partial charge in [0.25, 0.3) is 0 Å². The lowest BCUT2D eigenvalue weighted by Gasteiger charge is -2.22. The second kappa shape index (κ2) is 8.87. The maximum absolute atomic E-state index is 14.3. The molecule has 4 aromatic rings. The second-order valence-corrected chi connectivity index (χ2v) is 9.30. The molecule has 1 aliphatic carbocycles. The summed E-state index contributed by atoms with van der Waals surface area (Å²) in [6.45, 7) is 4.03. The van der Waals surface area contributed by atoms with Crippen LogP contribution in [0.3, 0.4) is 0 Å². The fourth-order valence-corrected chi connectivity index (χ4v) is 5.38. The van der Waals surface area contributed by atoms with Crippen LogP contribution in [0.2, 0.25) is 5.02 Å². The van der Waals surface area contributed by atoms with E-state index < -0.39 is 5.82 Å². The zero-order valence-corrected chi connectivity index (χ0v) is 20.1. The second-order valence-electron chi connectivity index (χ2n) is 8.92. The lowest BCUT2D eigenvalue weighted by atomic mass is 9.91. The van der Waals surface area contributed by atoms with Gasteiger partial charge in [0.1, 0.15) is 23.0 Å². The molecule has 0 bridgehead atoms. The van der Waals surface area contributed by atoms with Gasteiger partial charge < -0.3 is 9.72 Å². The van der Waals surface area contributed by atoms with E-state index in [-0.39, 0.29) is 17.0 Å². The number of aromatic nitrogens is 4. The highest BCUT2D eigenvalue weighted by Gasteiger charge is 2.25. The number of aromatic amines is 1. The van der Waals surface area contributed by atoms with Crippen molar-refractivity contribution in [3.63, 3.8) is 0 Å². The van der Waals surface area contributed by atoms with Crippen LogP contribution in [0, 0.1) is 12.7 Å². The Morgan fingerprint density at radius 2 is 2.03 bits per heavy atom. The molecule has 0 aliphatic heterocycles. The van der Waals surface area contributed by atoms with Gasteiger partial charge in [-0.2, -0.15) is 5.10 Å². The highest BCUT2D eigenvalue weighted by atomic mass is 35.5. The molecule has 8 heteroatoms. The lowest BCUT2D eigenvalue weighted by Crippen LogP contribution is -2.19. The first-order valence-corrected chi connectivity index (χ1v) is 11.8. The monoisotopic (exact) mass is 480 g/mol. The van der Waals surface area contributed by atoms with Gasteiger partial charge in [-0.15, -0.1) is 0 Å². The highest BCUT2D eigenvalue weighted by Crippen LogP contribution is 2.41. The van der Waals surface area contributed by atoms with Crippen molar-refractivity contribution in [3.8, 4) is 16.9 Å². The zero-order chi connectivity index (χ0) is 24.0. The number of pyridine rings is 1. The SMILES string of the molecule is COc1ccc(F)c(Cl)c1[C@@H](C)c1c[nH]c2ncc(-c3cnn(C4CCC(=O)CC4)c3C)cc12.